The number of rotatable bonds is 13. The fourth-order valence-electron chi connectivity index (χ4n) is 2.64. The molecule has 14 heteroatoms. The maximum absolute atomic E-state index is 12.9. The number of aromatic nitrogens is 2. The third kappa shape index (κ3) is 8.55. The number of carbonyl (C=O) groups is 5. The lowest BCUT2D eigenvalue weighted by molar-refractivity contribution is -0.144. The smallest absolute Gasteiger partial charge is 0.326 e. The summed E-state index contributed by atoms with van der Waals surface area (Å²) in [4.78, 5) is 66.9. The molecule has 0 saturated heterocycles. The SMILES string of the molecule is CC(C)C(NC(=O)C(Cc1cnc[nH]1)NC(=O)C(N)CS)C(=O)NC(CC(N)=O)C(=O)O. The molecule has 178 valence electrons. The Labute approximate surface area is 189 Å². The van der Waals surface area contributed by atoms with E-state index in [4.69, 9.17) is 11.5 Å². The minimum absolute atomic E-state index is 0.0305. The zero-order valence-corrected chi connectivity index (χ0v) is 18.6. The number of aliphatic carboxylic acids is 1. The third-order valence-corrected chi connectivity index (χ3v) is 4.81. The van der Waals surface area contributed by atoms with Crippen LogP contribution in [0.15, 0.2) is 12.5 Å². The van der Waals surface area contributed by atoms with Crippen LogP contribution in [0, 0.1) is 5.92 Å². The van der Waals surface area contributed by atoms with E-state index >= 15 is 0 Å². The van der Waals surface area contributed by atoms with Crippen molar-refractivity contribution in [2.45, 2.75) is 50.9 Å². The number of imidazole rings is 1. The second-order valence-corrected chi connectivity index (χ2v) is 7.80. The van der Waals surface area contributed by atoms with Gasteiger partial charge in [0.2, 0.25) is 23.6 Å². The molecule has 1 aromatic rings. The van der Waals surface area contributed by atoms with Crippen LogP contribution in [0.25, 0.3) is 0 Å². The second-order valence-electron chi connectivity index (χ2n) is 7.43. The molecular formula is C18H29N7O6S. The van der Waals surface area contributed by atoms with Gasteiger partial charge in [-0.05, 0) is 5.92 Å². The monoisotopic (exact) mass is 471 g/mol. The minimum Gasteiger partial charge on any atom is -0.480 e. The van der Waals surface area contributed by atoms with Gasteiger partial charge in [0.1, 0.15) is 18.1 Å². The van der Waals surface area contributed by atoms with Gasteiger partial charge in [0, 0.05) is 24.1 Å². The Morgan fingerprint density at radius 2 is 1.72 bits per heavy atom. The molecule has 4 unspecified atom stereocenters. The fourth-order valence-corrected chi connectivity index (χ4v) is 2.80. The Hall–Kier alpha value is -3.13. The maximum atomic E-state index is 12.9. The Morgan fingerprint density at radius 3 is 2.19 bits per heavy atom. The van der Waals surface area contributed by atoms with Crippen LogP contribution < -0.4 is 27.4 Å². The number of amides is 4. The summed E-state index contributed by atoms with van der Waals surface area (Å²) in [6.07, 6.45) is 2.29. The van der Waals surface area contributed by atoms with E-state index in [1.54, 1.807) is 13.8 Å². The number of H-pyrrole nitrogens is 1. The first-order valence-corrected chi connectivity index (χ1v) is 10.3. The molecule has 32 heavy (non-hydrogen) atoms. The van der Waals surface area contributed by atoms with Crippen LogP contribution in [-0.4, -0.2) is 74.6 Å². The number of carboxylic acid groups (broad SMARTS) is 1. The van der Waals surface area contributed by atoms with Gasteiger partial charge >= 0.3 is 5.97 Å². The van der Waals surface area contributed by atoms with Crippen LogP contribution in [0.4, 0.5) is 0 Å². The van der Waals surface area contributed by atoms with Crippen molar-refractivity contribution in [2.24, 2.45) is 17.4 Å². The molecule has 0 aliphatic rings. The summed E-state index contributed by atoms with van der Waals surface area (Å²) in [5.41, 5.74) is 11.2. The summed E-state index contributed by atoms with van der Waals surface area (Å²) < 4.78 is 0. The molecule has 1 heterocycles. The molecule has 4 amide bonds. The highest BCUT2D eigenvalue weighted by Crippen LogP contribution is 2.06. The Kier molecular flexibility index (Phi) is 10.6. The lowest BCUT2D eigenvalue weighted by atomic mass is 10.0. The van der Waals surface area contributed by atoms with E-state index in [1.807, 2.05) is 0 Å². The van der Waals surface area contributed by atoms with Crippen molar-refractivity contribution in [1.82, 2.24) is 25.9 Å². The molecule has 1 aromatic heterocycles. The highest BCUT2D eigenvalue weighted by molar-refractivity contribution is 7.80. The van der Waals surface area contributed by atoms with E-state index in [9.17, 15) is 29.1 Å². The van der Waals surface area contributed by atoms with Gasteiger partial charge in [-0.25, -0.2) is 9.78 Å². The van der Waals surface area contributed by atoms with Crippen LogP contribution in [0.1, 0.15) is 26.0 Å². The summed E-state index contributed by atoms with van der Waals surface area (Å²) >= 11 is 3.96. The largest absolute Gasteiger partial charge is 0.480 e. The van der Waals surface area contributed by atoms with Crippen LogP contribution in [0.2, 0.25) is 0 Å². The summed E-state index contributed by atoms with van der Waals surface area (Å²) in [5.74, 6) is -4.89. The van der Waals surface area contributed by atoms with Gasteiger partial charge in [-0.3, -0.25) is 19.2 Å². The average Bonchev–Trinajstić information content (AvgIpc) is 3.22. The van der Waals surface area contributed by atoms with Gasteiger partial charge in [0.05, 0.1) is 18.8 Å². The average molecular weight is 472 g/mol. The highest BCUT2D eigenvalue weighted by atomic mass is 32.1. The number of primary amides is 1. The molecule has 0 bridgehead atoms. The standard InChI is InChI=1S/C18H29N7O6S/c1-8(2)14(17(29)24-12(18(30)31)4-13(20)26)25-16(28)11(3-9-5-21-7-22-9)23-15(27)10(19)6-32/h5,7-8,10-12,14,32H,3-4,6,19H2,1-2H3,(H2,20,26)(H,21,22)(H,23,27)(H,24,29)(H,25,28)(H,30,31). The van der Waals surface area contributed by atoms with Crippen molar-refractivity contribution in [3.63, 3.8) is 0 Å². The van der Waals surface area contributed by atoms with E-state index in [0.29, 0.717) is 5.69 Å². The van der Waals surface area contributed by atoms with E-state index in [0.717, 1.165) is 0 Å². The number of carbonyl (C=O) groups excluding carboxylic acids is 4. The molecule has 0 spiro atoms. The van der Waals surface area contributed by atoms with Crippen molar-refractivity contribution in [3.05, 3.63) is 18.2 Å². The number of nitrogens with one attached hydrogen (secondary N) is 4. The van der Waals surface area contributed by atoms with Crippen molar-refractivity contribution < 1.29 is 29.1 Å². The first kappa shape index (κ1) is 26.9. The third-order valence-electron chi connectivity index (χ3n) is 4.41. The first-order valence-electron chi connectivity index (χ1n) is 9.72. The summed E-state index contributed by atoms with van der Waals surface area (Å²) in [6, 6.07) is -4.77. The fraction of sp³-hybridized carbons (Fsp3) is 0.556. The second kappa shape index (κ2) is 12.7. The topological polar surface area (TPSA) is 222 Å². The summed E-state index contributed by atoms with van der Waals surface area (Å²) in [5, 5.41) is 16.4. The molecule has 1 rings (SSSR count). The molecule has 0 saturated carbocycles. The zero-order valence-electron chi connectivity index (χ0n) is 17.7. The summed E-state index contributed by atoms with van der Waals surface area (Å²) in [6.45, 7) is 3.27. The molecule has 0 aromatic carbocycles. The van der Waals surface area contributed by atoms with Gasteiger partial charge in [-0.1, -0.05) is 13.8 Å². The Bertz CT molecular complexity index is 817. The van der Waals surface area contributed by atoms with Crippen LogP contribution in [0.5, 0.6) is 0 Å². The van der Waals surface area contributed by atoms with Crippen molar-refractivity contribution >= 4 is 42.2 Å². The molecule has 0 aliphatic heterocycles. The van der Waals surface area contributed by atoms with Crippen molar-refractivity contribution in [1.29, 1.82) is 0 Å². The normalized spacial score (nSPS) is 14.7. The molecule has 0 aliphatic carbocycles. The van der Waals surface area contributed by atoms with Crippen LogP contribution in [-0.2, 0) is 30.4 Å². The number of hydrogen-bond donors (Lipinski definition) is 8. The quantitative estimate of drug-likeness (QED) is 0.141. The van der Waals surface area contributed by atoms with Gasteiger partial charge in [-0.15, -0.1) is 0 Å². The molecule has 0 fully saturated rings. The summed E-state index contributed by atoms with van der Waals surface area (Å²) in [7, 11) is 0. The molecule has 13 nitrogen and oxygen atoms in total. The number of nitrogens with zero attached hydrogens (tertiary/aromatic N) is 1. The van der Waals surface area contributed by atoms with Crippen molar-refractivity contribution in [2.75, 3.05) is 5.75 Å². The number of thiol groups is 1. The number of hydrogen-bond acceptors (Lipinski definition) is 8. The zero-order chi connectivity index (χ0) is 24.4. The van der Waals surface area contributed by atoms with E-state index in [-0.39, 0.29) is 12.2 Å². The first-order chi connectivity index (χ1) is 15.0. The molecule has 0 radical (unpaired) electrons. The lowest BCUT2D eigenvalue weighted by Crippen LogP contribution is -2.59. The Balaban J connectivity index is 3.00. The van der Waals surface area contributed by atoms with Gasteiger partial charge < -0.3 is 37.5 Å². The minimum atomic E-state index is -1.55. The van der Waals surface area contributed by atoms with E-state index < -0.39 is 66.1 Å². The lowest BCUT2D eigenvalue weighted by Gasteiger charge is -2.26. The Morgan fingerprint density at radius 1 is 1.09 bits per heavy atom. The predicted molar refractivity (Wildman–Crippen MR) is 116 cm³/mol. The molecule has 4 atom stereocenters. The molecule has 9 N–H and O–H groups in total. The van der Waals surface area contributed by atoms with E-state index in [1.165, 1.54) is 12.5 Å². The number of aromatic amines is 1. The molecular weight excluding hydrogens is 442 g/mol. The van der Waals surface area contributed by atoms with Crippen LogP contribution >= 0.6 is 12.6 Å². The van der Waals surface area contributed by atoms with Crippen LogP contribution in [0.3, 0.4) is 0 Å². The van der Waals surface area contributed by atoms with Gasteiger partial charge in [0.15, 0.2) is 0 Å². The van der Waals surface area contributed by atoms with Gasteiger partial charge in [-0.2, -0.15) is 12.6 Å². The van der Waals surface area contributed by atoms with E-state index in [2.05, 4.69) is 38.5 Å². The highest BCUT2D eigenvalue weighted by Gasteiger charge is 2.32. The number of nitrogens with two attached hydrogens (primary N) is 2. The predicted octanol–water partition coefficient (Wildman–Crippen LogP) is -2.72. The maximum Gasteiger partial charge on any atom is 0.326 e. The van der Waals surface area contributed by atoms with Crippen molar-refractivity contribution in [3.8, 4) is 0 Å². The number of carboxylic acids is 1. The van der Waals surface area contributed by atoms with Gasteiger partial charge in [0.25, 0.3) is 0 Å².